The Bertz CT molecular complexity index is 1100. The number of rotatable bonds is 13. The van der Waals surface area contributed by atoms with Crippen molar-refractivity contribution in [2.45, 2.75) is 51.4 Å². The fraction of sp³-hybridized carbons (Fsp3) is 0.367. The lowest BCUT2D eigenvalue weighted by Crippen LogP contribution is -2.53. The lowest BCUT2D eigenvalue weighted by Gasteiger charge is -2.34. The quantitative estimate of drug-likeness (QED) is 0.337. The summed E-state index contributed by atoms with van der Waals surface area (Å²) >= 11 is 1.56. The fourth-order valence-corrected chi connectivity index (χ4v) is 4.29. The summed E-state index contributed by atoms with van der Waals surface area (Å²) in [6.45, 7) is 13.3. The van der Waals surface area contributed by atoms with E-state index in [0.717, 1.165) is 11.1 Å². The second-order valence-electron chi connectivity index (χ2n) is 9.74. The van der Waals surface area contributed by atoms with Gasteiger partial charge >= 0.3 is 6.09 Å². The molecule has 2 unspecified atom stereocenters. The van der Waals surface area contributed by atoms with E-state index >= 15 is 0 Å². The number of ether oxygens (including phenoxy) is 1. The van der Waals surface area contributed by atoms with Crippen LogP contribution in [0.3, 0.4) is 0 Å². The van der Waals surface area contributed by atoms with Crippen LogP contribution in [0.15, 0.2) is 73.8 Å². The van der Waals surface area contributed by atoms with Crippen molar-refractivity contribution in [1.82, 2.24) is 15.5 Å². The summed E-state index contributed by atoms with van der Waals surface area (Å²) in [4.78, 5) is 41.8. The van der Waals surface area contributed by atoms with E-state index in [1.54, 1.807) is 50.8 Å². The minimum Gasteiger partial charge on any atom is -0.444 e. The predicted molar refractivity (Wildman–Crippen MR) is 156 cm³/mol. The van der Waals surface area contributed by atoms with Crippen molar-refractivity contribution in [2.75, 3.05) is 18.6 Å². The van der Waals surface area contributed by atoms with Gasteiger partial charge in [0, 0.05) is 13.1 Å². The van der Waals surface area contributed by atoms with Gasteiger partial charge in [-0.05, 0) is 62.0 Å². The van der Waals surface area contributed by atoms with E-state index in [9.17, 15) is 14.4 Å². The van der Waals surface area contributed by atoms with Gasteiger partial charge in [0.15, 0.2) is 0 Å². The standard InChI is InChI=1S/C30H39N3O4S/c1-7-18-33(28(35)25(17-19-38-6)32-29(36)37-30(3,4)5)26(24-16-12-15-22(8-2)20-24)27(34)31-21-23-13-10-9-11-14-23/h7-16,20,25-26H,1-2,17-19,21H2,3-6H3,(H,31,34)(H,32,36). The number of amides is 3. The smallest absolute Gasteiger partial charge is 0.408 e. The van der Waals surface area contributed by atoms with Crippen LogP contribution in [0.5, 0.6) is 0 Å². The first-order chi connectivity index (χ1) is 18.1. The Hall–Kier alpha value is -3.52. The van der Waals surface area contributed by atoms with Crippen molar-refractivity contribution in [3.05, 3.63) is 90.5 Å². The van der Waals surface area contributed by atoms with Crippen LogP contribution < -0.4 is 10.6 Å². The first kappa shape index (κ1) is 30.7. The first-order valence-electron chi connectivity index (χ1n) is 12.5. The van der Waals surface area contributed by atoms with E-state index < -0.39 is 29.7 Å². The first-order valence-corrected chi connectivity index (χ1v) is 13.9. The molecule has 0 aliphatic heterocycles. The highest BCUT2D eigenvalue weighted by Gasteiger charge is 2.35. The molecule has 0 aliphatic carbocycles. The number of nitrogens with one attached hydrogen (secondary N) is 2. The van der Waals surface area contributed by atoms with Gasteiger partial charge in [0.25, 0.3) is 0 Å². The average molecular weight is 538 g/mol. The third kappa shape index (κ3) is 9.74. The molecule has 0 bridgehead atoms. The Morgan fingerprint density at radius 2 is 1.79 bits per heavy atom. The summed E-state index contributed by atoms with van der Waals surface area (Å²) < 4.78 is 5.41. The largest absolute Gasteiger partial charge is 0.444 e. The topological polar surface area (TPSA) is 87.7 Å². The van der Waals surface area contributed by atoms with Gasteiger partial charge in [-0.3, -0.25) is 9.59 Å². The van der Waals surface area contributed by atoms with Crippen LogP contribution in [0.2, 0.25) is 0 Å². The molecule has 0 heterocycles. The molecule has 2 atom stereocenters. The van der Waals surface area contributed by atoms with E-state index in [1.165, 1.54) is 4.90 Å². The number of carbonyl (C=O) groups is 3. The Kier molecular flexibility index (Phi) is 12.1. The van der Waals surface area contributed by atoms with Gasteiger partial charge in [-0.2, -0.15) is 11.8 Å². The summed E-state index contributed by atoms with van der Waals surface area (Å²) in [5.41, 5.74) is 1.66. The molecular weight excluding hydrogens is 498 g/mol. The maximum atomic E-state index is 14.0. The molecule has 0 saturated carbocycles. The molecule has 0 aliphatic rings. The SMILES string of the molecule is C=CCN(C(=O)C(CCSC)NC(=O)OC(C)(C)C)C(C(=O)NCc1ccccc1)c1cccc(C=C)c1. The third-order valence-electron chi connectivity index (χ3n) is 5.54. The molecule has 3 amide bonds. The molecule has 204 valence electrons. The number of nitrogens with zero attached hydrogens (tertiary/aromatic N) is 1. The van der Waals surface area contributed by atoms with E-state index in [4.69, 9.17) is 4.74 Å². The molecule has 0 fully saturated rings. The molecule has 2 aromatic rings. The van der Waals surface area contributed by atoms with Crippen LogP contribution in [-0.2, 0) is 20.9 Å². The van der Waals surface area contributed by atoms with E-state index in [0.29, 0.717) is 24.3 Å². The monoisotopic (exact) mass is 537 g/mol. The summed E-state index contributed by atoms with van der Waals surface area (Å²) in [5, 5.41) is 5.70. The van der Waals surface area contributed by atoms with Crippen LogP contribution >= 0.6 is 11.8 Å². The molecule has 8 heteroatoms. The molecule has 0 saturated heterocycles. The van der Waals surface area contributed by atoms with Crippen LogP contribution in [0, 0.1) is 0 Å². The van der Waals surface area contributed by atoms with Gasteiger partial charge in [0.2, 0.25) is 11.8 Å². The van der Waals surface area contributed by atoms with Crippen molar-refractivity contribution in [1.29, 1.82) is 0 Å². The normalized spacial score (nSPS) is 12.5. The highest BCUT2D eigenvalue weighted by Crippen LogP contribution is 2.25. The summed E-state index contributed by atoms with van der Waals surface area (Å²) in [6.07, 6.45) is 4.88. The van der Waals surface area contributed by atoms with Crippen LogP contribution in [0.4, 0.5) is 4.79 Å². The van der Waals surface area contributed by atoms with Crippen LogP contribution in [0.1, 0.15) is 49.9 Å². The summed E-state index contributed by atoms with van der Waals surface area (Å²) in [5.74, 6) is -0.106. The predicted octanol–water partition coefficient (Wildman–Crippen LogP) is 5.35. The molecule has 38 heavy (non-hydrogen) atoms. The number of hydrogen-bond donors (Lipinski definition) is 2. The second kappa shape index (κ2) is 15.0. The minimum absolute atomic E-state index is 0.104. The molecule has 0 radical (unpaired) electrons. The summed E-state index contributed by atoms with van der Waals surface area (Å²) in [6, 6.07) is 15.1. The van der Waals surface area contributed by atoms with Gasteiger partial charge in [0.1, 0.15) is 17.7 Å². The Morgan fingerprint density at radius 3 is 2.39 bits per heavy atom. The summed E-state index contributed by atoms with van der Waals surface area (Å²) in [7, 11) is 0. The lowest BCUT2D eigenvalue weighted by atomic mass is 10.00. The average Bonchev–Trinajstić information content (AvgIpc) is 2.88. The molecule has 2 rings (SSSR count). The zero-order valence-corrected chi connectivity index (χ0v) is 23.6. The third-order valence-corrected chi connectivity index (χ3v) is 6.18. The molecular formula is C30H39N3O4S. The number of carbonyl (C=O) groups excluding carboxylic acids is 3. The molecule has 7 nitrogen and oxygen atoms in total. The Labute approximate surface area is 230 Å². The van der Waals surface area contributed by atoms with Gasteiger partial charge in [-0.1, -0.05) is 67.3 Å². The van der Waals surface area contributed by atoms with Crippen molar-refractivity contribution in [3.63, 3.8) is 0 Å². The molecule has 0 spiro atoms. The zero-order chi connectivity index (χ0) is 28.1. The number of thioether (sulfide) groups is 1. The second-order valence-corrected chi connectivity index (χ2v) is 10.7. The number of alkyl carbamates (subject to hydrolysis) is 1. The lowest BCUT2D eigenvalue weighted by molar-refractivity contribution is -0.142. The van der Waals surface area contributed by atoms with Gasteiger partial charge in [-0.25, -0.2) is 4.79 Å². The Morgan fingerprint density at radius 1 is 1.08 bits per heavy atom. The highest BCUT2D eigenvalue weighted by molar-refractivity contribution is 7.98. The maximum Gasteiger partial charge on any atom is 0.408 e. The molecule has 2 aromatic carbocycles. The van der Waals surface area contributed by atoms with Gasteiger partial charge < -0.3 is 20.3 Å². The Balaban J connectivity index is 2.45. The molecule has 0 aromatic heterocycles. The van der Waals surface area contributed by atoms with Gasteiger partial charge in [-0.15, -0.1) is 6.58 Å². The van der Waals surface area contributed by atoms with Gasteiger partial charge in [0.05, 0.1) is 0 Å². The van der Waals surface area contributed by atoms with E-state index in [-0.39, 0.29) is 12.5 Å². The van der Waals surface area contributed by atoms with Crippen molar-refractivity contribution in [3.8, 4) is 0 Å². The van der Waals surface area contributed by atoms with Crippen molar-refractivity contribution in [2.24, 2.45) is 0 Å². The minimum atomic E-state index is -0.957. The number of hydrogen-bond acceptors (Lipinski definition) is 5. The van der Waals surface area contributed by atoms with E-state index in [2.05, 4.69) is 23.8 Å². The highest BCUT2D eigenvalue weighted by atomic mass is 32.2. The van der Waals surface area contributed by atoms with Crippen molar-refractivity contribution >= 4 is 35.7 Å². The maximum absolute atomic E-state index is 14.0. The zero-order valence-electron chi connectivity index (χ0n) is 22.7. The van der Waals surface area contributed by atoms with Crippen molar-refractivity contribution < 1.29 is 19.1 Å². The van der Waals surface area contributed by atoms with E-state index in [1.807, 2.05) is 54.8 Å². The van der Waals surface area contributed by atoms with Crippen LogP contribution in [0.25, 0.3) is 6.08 Å². The molecule has 2 N–H and O–H groups in total. The number of benzene rings is 2. The fourth-order valence-electron chi connectivity index (χ4n) is 3.82. The van der Waals surface area contributed by atoms with Crippen LogP contribution in [-0.4, -0.2) is 53.0 Å².